The molecule has 0 fully saturated rings. The molecule has 0 N–H and O–H groups in total. The third kappa shape index (κ3) is 1.83. The van der Waals surface area contributed by atoms with Gasteiger partial charge in [0.15, 0.2) is 0 Å². The van der Waals surface area contributed by atoms with Crippen molar-refractivity contribution < 1.29 is 0 Å². The average Bonchev–Trinajstić information content (AvgIpc) is 2.74. The van der Waals surface area contributed by atoms with Crippen LogP contribution in [0, 0.1) is 0 Å². The first-order chi connectivity index (χ1) is 6.36. The molecule has 0 saturated carbocycles. The SMILES string of the molecule is CC(Cn1cccc1)n1cccc1. The topological polar surface area (TPSA) is 9.86 Å². The molecule has 2 heterocycles. The Labute approximate surface area is 78.4 Å². The van der Waals surface area contributed by atoms with Crippen LogP contribution in [0.15, 0.2) is 49.1 Å². The molecule has 13 heavy (non-hydrogen) atoms. The van der Waals surface area contributed by atoms with Crippen molar-refractivity contribution in [3.8, 4) is 0 Å². The van der Waals surface area contributed by atoms with Crippen molar-refractivity contribution in [1.82, 2.24) is 9.13 Å². The summed E-state index contributed by atoms with van der Waals surface area (Å²) in [6, 6.07) is 8.76. The van der Waals surface area contributed by atoms with Gasteiger partial charge in [-0.15, -0.1) is 0 Å². The number of hydrogen-bond donors (Lipinski definition) is 0. The van der Waals surface area contributed by atoms with Gasteiger partial charge >= 0.3 is 0 Å². The highest BCUT2D eigenvalue weighted by molar-refractivity contribution is 4.94. The summed E-state index contributed by atoms with van der Waals surface area (Å²) in [7, 11) is 0. The van der Waals surface area contributed by atoms with Gasteiger partial charge in [-0.05, 0) is 31.2 Å². The highest BCUT2D eigenvalue weighted by atomic mass is 15.0. The zero-order valence-corrected chi connectivity index (χ0v) is 7.80. The Morgan fingerprint density at radius 3 is 2.08 bits per heavy atom. The van der Waals surface area contributed by atoms with E-state index in [1.807, 2.05) is 0 Å². The summed E-state index contributed by atoms with van der Waals surface area (Å²) < 4.78 is 4.42. The summed E-state index contributed by atoms with van der Waals surface area (Å²) >= 11 is 0. The second-order valence-corrected chi connectivity index (χ2v) is 3.36. The van der Waals surface area contributed by atoms with E-state index in [4.69, 9.17) is 0 Å². The molecule has 0 aliphatic rings. The molecular formula is C11H14N2. The minimum absolute atomic E-state index is 0.516. The molecule has 0 aliphatic heterocycles. The summed E-state index contributed by atoms with van der Waals surface area (Å²) in [4.78, 5) is 0. The highest BCUT2D eigenvalue weighted by Gasteiger charge is 2.02. The third-order valence-corrected chi connectivity index (χ3v) is 2.28. The van der Waals surface area contributed by atoms with E-state index in [1.54, 1.807) is 0 Å². The van der Waals surface area contributed by atoms with Gasteiger partial charge in [0.25, 0.3) is 0 Å². The Hall–Kier alpha value is -1.44. The van der Waals surface area contributed by atoms with E-state index >= 15 is 0 Å². The van der Waals surface area contributed by atoms with E-state index in [-0.39, 0.29) is 0 Å². The Balaban J connectivity index is 2.04. The third-order valence-electron chi connectivity index (χ3n) is 2.28. The lowest BCUT2D eigenvalue weighted by atomic mass is 10.3. The molecule has 0 bridgehead atoms. The number of aromatic nitrogens is 2. The summed E-state index contributed by atoms with van der Waals surface area (Å²) in [6.45, 7) is 3.25. The van der Waals surface area contributed by atoms with Gasteiger partial charge in [-0.2, -0.15) is 0 Å². The second kappa shape index (κ2) is 3.52. The molecule has 1 unspecified atom stereocenters. The van der Waals surface area contributed by atoms with Gasteiger partial charge in [-0.25, -0.2) is 0 Å². The molecule has 2 aromatic heterocycles. The Bertz CT molecular complexity index is 332. The van der Waals surface area contributed by atoms with Crippen molar-refractivity contribution in [2.75, 3.05) is 0 Å². The molecule has 2 aromatic rings. The first kappa shape index (κ1) is 8.17. The second-order valence-electron chi connectivity index (χ2n) is 3.36. The molecule has 1 atom stereocenters. The molecule has 0 aromatic carbocycles. The van der Waals surface area contributed by atoms with Crippen LogP contribution in [0.1, 0.15) is 13.0 Å². The van der Waals surface area contributed by atoms with Crippen LogP contribution in [0.5, 0.6) is 0 Å². The molecule has 0 saturated heterocycles. The van der Waals surface area contributed by atoms with Crippen molar-refractivity contribution in [1.29, 1.82) is 0 Å². The minimum atomic E-state index is 0.516. The molecular weight excluding hydrogens is 160 g/mol. The molecule has 0 amide bonds. The lowest BCUT2D eigenvalue weighted by Gasteiger charge is -2.14. The first-order valence-corrected chi connectivity index (χ1v) is 4.59. The largest absolute Gasteiger partial charge is 0.352 e. The van der Waals surface area contributed by atoms with E-state index < -0.39 is 0 Å². The molecule has 0 spiro atoms. The predicted molar refractivity (Wildman–Crippen MR) is 53.6 cm³/mol. The number of nitrogens with zero attached hydrogens (tertiary/aromatic N) is 2. The molecule has 2 nitrogen and oxygen atoms in total. The fourth-order valence-corrected chi connectivity index (χ4v) is 1.53. The van der Waals surface area contributed by atoms with Crippen molar-refractivity contribution >= 4 is 0 Å². The first-order valence-electron chi connectivity index (χ1n) is 4.59. The van der Waals surface area contributed by atoms with E-state index in [0.29, 0.717) is 6.04 Å². The highest BCUT2D eigenvalue weighted by Crippen LogP contribution is 2.08. The maximum absolute atomic E-state index is 2.22. The van der Waals surface area contributed by atoms with E-state index in [1.165, 1.54) is 0 Å². The van der Waals surface area contributed by atoms with Crippen LogP contribution in [-0.4, -0.2) is 9.13 Å². The van der Waals surface area contributed by atoms with Gasteiger partial charge in [0.2, 0.25) is 0 Å². The zero-order chi connectivity index (χ0) is 9.10. The van der Waals surface area contributed by atoms with Crippen molar-refractivity contribution in [2.24, 2.45) is 0 Å². The lowest BCUT2D eigenvalue weighted by molar-refractivity contribution is 0.467. The van der Waals surface area contributed by atoms with Crippen molar-refractivity contribution in [3.63, 3.8) is 0 Å². The van der Waals surface area contributed by atoms with Gasteiger partial charge in [-0.1, -0.05) is 0 Å². The fourth-order valence-electron chi connectivity index (χ4n) is 1.53. The van der Waals surface area contributed by atoms with Crippen LogP contribution >= 0.6 is 0 Å². The van der Waals surface area contributed by atoms with E-state index in [2.05, 4.69) is 65.1 Å². The fraction of sp³-hybridized carbons (Fsp3) is 0.273. The van der Waals surface area contributed by atoms with E-state index in [9.17, 15) is 0 Å². The van der Waals surface area contributed by atoms with Crippen molar-refractivity contribution in [2.45, 2.75) is 19.5 Å². The molecule has 2 rings (SSSR count). The van der Waals surface area contributed by atoms with Crippen molar-refractivity contribution in [3.05, 3.63) is 49.1 Å². The Kier molecular flexibility index (Phi) is 2.21. The maximum atomic E-state index is 2.22. The number of hydrogen-bond acceptors (Lipinski definition) is 0. The summed E-state index contributed by atoms with van der Waals surface area (Å²) in [5, 5.41) is 0. The van der Waals surface area contributed by atoms with Crippen LogP contribution in [-0.2, 0) is 6.54 Å². The van der Waals surface area contributed by atoms with Gasteiger partial charge in [0.05, 0.1) is 0 Å². The zero-order valence-electron chi connectivity index (χ0n) is 7.80. The maximum Gasteiger partial charge on any atom is 0.0481 e. The van der Waals surface area contributed by atoms with Gasteiger partial charge < -0.3 is 9.13 Å². The van der Waals surface area contributed by atoms with Crippen LogP contribution in [0.3, 0.4) is 0 Å². The molecule has 2 heteroatoms. The van der Waals surface area contributed by atoms with Crippen LogP contribution < -0.4 is 0 Å². The van der Waals surface area contributed by atoms with Gasteiger partial charge in [0, 0.05) is 37.4 Å². The molecule has 0 aliphatic carbocycles. The standard InChI is InChI=1S/C11H14N2/c1-11(13-8-4-5-9-13)10-12-6-2-3-7-12/h2-9,11H,10H2,1H3. The van der Waals surface area contributed by atoms with Gasteiger partial charge in [0.1, 0.15) is 0 Å². The predicted octanol–water partition coefficient (Wildman–Crippen LogP) is 2.55. The normalized spacial score (nSPS) is 13.0. The Morgan fingerprint density at radius 1 is 0.923 bits per heavy atom. The van der Waals surface area contributed by atoms with Crippen LogP contribution in [0.25, 0.3) is 0 Å². The summed E-state index contributed by atoms with van der Waals surface area (Å²) in [5.41, 5.74) is 0. The average molecular weight is 174 g/mol. The summed E-state index contributed by atoms with van der Waals surface area (Å²) in [5.74, 6) is 0. The lowest BCUT2D eigenvalue weighted by Crippen LogP contribution is -2.09. The minimum Gasteiger partial charge on any atom is -0.352 e. The molecule has 68 valence electrons. The number of rotatable bonds is 3. The van der Waals surface area contributed by atoms with Gasteiger partial charge in [-0.3, -0.25) is 0 Å². The van der Waals surface area contributed by atoms with E-state index in [0.717, 1.165) is 6.54 Å². The quantitative estimate of drug-likeness (QED) is 0.676. The van der Waals surface area contributed by atoms with Crippen LogP contribution in [0.2, 0.25) is 0 Å². The molecule has 0 radical (unpaired) electrons. The summed E-state index contributed by atoms with van der Waals surface area (Å²) in [6.07, 6.45) is 8.41. The van der Waals surface area contributed by atoms with Crippen LogP contribution in [0.4, 0.5) is 0 Å². The Morgan fingerprint density at radius 2 is 1.46 bits per heavy atom. The smallest absolute Gasteiger partial charge is 0.0481 e. The monoisotopic (exact) mass is 174 g/mol.